The molecule has 1 aromatic carbocycles. The van der Waals surface area contributed by atoms with E-state index >= 15 is 0 Å². The first-order chi connectivity index (χ1) is 10.0. The lowest BCUT2D eigenvalue weighted by Gasteiger charge is -2.23. The van der Waals surface area contributed by atoms with Gasteiger partial charge in [-0.2, -0.15) is 0 Å². The van der Waals surface area contributed by atoms with Crippen LogP contribution in [-0.4, -0.2) is 17.8 Å². The smallest absolute Gasteiger partial charge is 0.204 e. The van der Waals surface area contributed by atoms with Crippen molar-refractivity contribution >= 4 is 45.1 Å². The zero-order valence-electron chi connectivity index (χ0n) is 12.2. The van der Waals surface area contributed by atoms with Crippen LogP contribution in [0.4, 0.5) is 0 Å². The van der Waals surface area contributed by atoms with Crippen molar-refractivity contribution in [3.05, 3.63) is 42.7 Å². The van der Waals surface area contributed by atoms with E-state index in [1.165, 1.54) is 0 Å². The van der Waals surface area contributed by atoms with Crippen molar-refractivity contribution in [3.63, 3.8) is 0 Å². The Balaban J connectivity index is 2.78. The Morgan fingerprint density at radius 2 is 1.90 bits per heavy atom. The SMILES string of the molecule is CCOC(OCC)c1c(I)c(=O)c2c(Cl)cccc2n1C. The van der Waals surface area contributed by atoms with Crippen molar-refractivity contribution in [2.24, 2.45) is 7.05 Å². The van der Waals surface area contributed by atoms with E-state index in [1.54, 1.807) is 6.07 Å². The van der Waals surface area contributed by atoms with Gasteiger partial charge in [-0.3, -0.25) is 4.79 Å². The molecule has 1 heterocycles. The van der Waals surface area contributed by atoms with Crippen LogP contribution in [0, 0.1) is 3.57 Å². The second-order valence-electron chi connectivity index (χ2n) is 4.46. The van der Waals surface area contributed by atoms with Gasteiger partial charge in [0.15, 0.2) is 6.29 Å². The number of hydrogen-bond acceptors (Lipinski definition) is 3. The van der Waals surface area contributed by atoms with Gasteiger partial charge < -0.3 is 14.0 Å². The highest BCUT2D eigenvalue weighted by Gasteiger charge is 2.23. The van der Waals surface area contributed by atoms with E-state index < -0.39 is 6.29 Å². The number of hydrogen-bond donors (Lipinski definition) is 0. The van der Waals surface area contributed by atoms with Crippen molar-refractivity contribution in [1.82, 2.24) is 4.57 Å². The van der Waals surface area contributed by atoms with E-state index in [0.29, 0.717) is 27.2 Å². The number of fused-ring (bicyclic) bond motifs is 1. The summed E-state index contributed by atoms with van der Waals surface area (Å²) in [5.41, 5.74) is 1.40. The van der Waals surface area contributed by atoms with E-state index in [9.17, 15) is 4.79 Å². The van der Waals surface area contributed by atoms with Gasteiger partial charge >= 0.3 is 0 Å². The van der Waals surface area contributed by atoms with Gasteiger partial charge in [-0.15, -0.1) is 0 Å². The third-order valence-electron chi connectivity index (χ3n) is 3.22. The molecular formula is C15H17ClINO3. The molecule has 0 fully saturated rings. The molecular weight excluding hydrogens is 405 g/mol. The van der Waals surface area contributed by atoms with E-state index in [0.717, 1.165) is 11.2 Å². The minimum atomic E-state index is -0.562. The van der Waals surface area contributed by atoms with Crippen molar-refractivity contribution < 1.29 is 9.47 Å². The van der Waals surface area contributed by atoms with Gasteiger partial charge in [-0.25, -0.2) is 0 Å². The third kappa shape index (κ3) is 3.11. The standard InChI is InChI=1S/C15H17ClINO3/c1-4-20-15(21-5-2)13-12(17)14(19)11-9(16)7-6-8-10(11)18(13)3/h6-8,15H,4-5H2,1-3H3. The lowest BCUT2D eigenvalue weighted by Crippen LogP contribution is -2.23. The average Bonchev–Trinajstić information content (AvgIpc) is 2.45. The molecule has 0 aliphatic heterocycles. The van der Waals surface area contributed by atoms with Crippen molar-refractivity contribution in [1.29, 1.82) is 0 Å². The number of rotatable bonds is 5. The quantitative estimate of drug-likeness (QED) is 0.544. The molecule has 0 saturated carbocycles. The minimum Gasteiger partial charge on any atom is -0.347 e. The Hall–Kier alpha value is -0.630. The number of aromatic nitrogens is 1. The molecule has 0 radical (unpaired) electrons. The highest BCUT2D eigenvalue weighted by atomic mass is 127. The van der Waals surface area contributed by atoms with Crippen LogP contribution < -0.4 is 5.43 Å². The van der Waals surface area contributed by atoms with Crippen LogP contribution in [0.15, 0.2) is 23.0 Å². The van der Waals surface area contributed by atoms with E-state index in [-0.39, 0.29) is 5.43 Å². The van der Waals surface area contributed by atoms with Gasteiger partial charge in [0.1, 0.15) is 0 Å². The maximum Gasteiger partial charge on any atom is 0.204 e. The molecule has 0 unspecified atom stereocenters. The van der Waals surface area contributed by atoms with E-state index in [4.69, 9.17) is 21.1 Å². The minimum absolute atomic E-state index is 0.0892. The predicted molar refractivity (Wildman–Crippen MR) is 92.9 cm³/mol. The average molecular weight is 422 g/mol. The first-order valence-electron chi connectivity index (χ1n) is 6.72. The summed E-state index contributed by atoms with van der Waals surface area (Å²) in [6.45, 7) is 4.80. The van der Waals surface area contributed by atoms with Gasteiger partial charge in [0.2, 0.25) is 5.43 Å². The van der Waals surface area contributed by atoms with Crippen LogP contribution in [0.5, 0.6) is 0 Å². The van der Waals surface area contributed by atoms with Crippen LogP contribution in [0.1, 0.15) is 25.8 Å². The molecule has 6 heteroatoms. The highest BCUT2D eigenvalue weighted by Crippen LogP contribution is 2.28. The topological polar surface area (TPSA) is 40.5 Å². The summed E-state index contributed by atoms with van der Waals surface area (Å²) >= 11 is 8.22. The van der Waals surface area contributed by atoms with Crippen LogP contribution >= 0.6 is 34.2 Å². The molecule has 0 bridgehead atoms. The molecule has 0 N–H and O–H groups in total. The van der Waals surface area contributed by atoms with Gasteiger partial charge in [0, 0.05) is 20.3 Å². The monoisotopic (exact) mass is 421 g/mol. The van der Waals surface area contributed by atoms with Crippen molar-refractivity contribution in [2.75, 3.05) is 13.2 Å². The number of nitrogens with zero attached hydrogens (tertiary/aromatic N) is 1. The summed E-state index contributed by atoms with van der Waals surface area (Å²) in [4.78, 5) is 12.6. The van der Waals surface area contributed by atoms with Crippen LogP contribution in [0.2, 0.25) is 5.02 Å². The van der Waals surface area contributed by atoms with Crippen LogP contribution in [0.3, 0.4) is 0 Å². The van der Waals surface area contributed by atoms with Crippen LogP contribution in [0.25, 0.3) is 10.9 Å². The predicted octanol–water partition coefficient (Wildman–Crippen LogP) is 3.87. The second kappa shape index (κ2) is 7.09. The molecule has 4 nitrogen and oxygen atoms in total. The maximum absolute atomic E-state index is 12.6. The molecule has 2 aromatic rings. The molecule has 0 aliphatic rings. The van der Waals surface area contributed by atoms with Crippen LogP contribution in [-0.2, 0) is 16.5 Å². The van der Waals surface area contributed by atoms with E-state index in [2.05, 4.69) is 0 Å². The number of ether oxygens (including phenoxy) is 2. The first-order valence-corrected chi connectivity index (χ1v) is 8.18. The molecule has 0 atom stereocenters. The summed E-state index contributed by atoms with van der Waals surface area (Å²) < 4.78 is 13.8. The first kappa shape index (κ1) is 16.7. The molecule has 0 amide bonds. The summed E-state index contributed by atoms with van der Waals surface area (Å²) in [7, 11) is 1.89. The lowest BCUT2D eigenvalue weighted by atomic mass is 10.1. The van der Waals surface area contributed by atoms with Gasteiger partial charge in [0.25, 0.3) is 0 Å². The number of benzene rings is 1. The van der Waals surface area contributed by atoms with Crippen molar-refractivity contribution in [2.45, 2.75) is 20.1 Å². The molecule has 0 saturated heterocycles. The summed E-state index contributed by atoms with van der Waals surface area (Å²) in [5.74, 6) is 0. The number of pyridine rings is 1. The maximum atomic E-state index is 12.6. The molecule has 1 aromatic heterocycles. The fourth-order valence-electron chi connectivity index (χ4n) is 2.29. The Labute approximate surface area is 142 Å². The Morgan fingerprint density at radius 3 is 2.48 bits per heavy atom. The summed E-state index contributed by atoms with van der Waals surface area (Å²) in [6, 6.07) is 5.43. The Morgan fingerprint density at radius 1 is 1.29 bits per heavy atom. The number of halogens is 2. The Bertz CT molecular complexity index is 708. The van der Waals surface area contributed by atoms with Crippen molar-refractivity contribution in [3.8, 4) is 0 Å². The van der Waals surface area contributed by atoms with Gasteiger partial charge in [-0.05, 0) is 48.6 Å². The summed E-state index contributed by atoms with van der Waals surface area (Å²) in [5, 5.41) is 0.989. The third-order valence-corrected chi connectivity index (χ3v) is 4.58. The zero-order chi connectivity index (χ0) is 15.6. The van der Waals surface area contributed by atoms with E-state index in [1.807, 2.05) is 60.2 Å². The molecule has 114 valence electrons. The molecule has 0 aliphatic carbocycles. The fraction of sp³-hybridized carbons (Fsp3) is 0.400. The summed E-state index contributed by atoms with van der Waals surface area (Å²) in [6.07, 6.45) is -0.562. The Kier molecular flexibility index (Phi) is 5.65. The lowest BCUT2D eigenvalue weighted by molar-refractivity contribution is -0.144. The van der Waals surface area contributed by atoms with Gasteiger partial charge in [0.05, 0.1) is 25.2 Å². The second-order valence-corrected chi connectivity index (χ2v) is 5.95. The largest absolute Gasteiger partial charge is 0.347 e. The van der Waals surface area contributed by atoms with Gasteiger partial charge in [-0.1, -0.05) is 17.7 Å². The fourth-order valence-corrected chi connectivity index (χ4v) is 3.43. The molecule has 0 spiro atoms. The zero-order valence-corrected chi connectivity index (χ0v) is 15.1. The normalized spacial score (nSPS) is 11.5. The number of aryl methyl sites for hydroxylation is 1. The highest BCUT2D eigenvalue weighted by molar-refractivity contribution is 14.1. The molecule has 2 rings (SSSR count). The molecule has 21 heavy (non-hydrogen) atoms.